The Morgan fingerprint density at radius 3 is 2.27 bits per heavy atom. The number of methoxy groups -OCH3 is 1. The molecule has 0 spiro atoms. The van der Waals surface area contributed by atoms with Crippen LogP contribution < -0.4 is 5.32 Å². The van der Waals surface area contributed by atoms with Crippen molar-refractivity contribution < 1.29 is 42.5 Å². The monoisotopic (exact) mass is 662 g/mol. The number of allylic oxidation sites excluding steroid dienone is 12. The molecule has 3 atom stereocenters. The van der Waals surface area contributed by atoms with Crippen LogP contribution in [-0.4, -0.2) is 58.4 Å². The molecule has 48 heavy (non-hydrogen) atoms. The van der Waals surface area contributed by atoms with Crippen LogP contribution in [0.25, 0.3) is 0 Å². The summed E-state index contributed by atoms with van der Waals surface area (Å²) < 4.78 is 46.8. The molecule has 0 radical (unpaired) electrons. The zero-order valence-corrected chi connectivity index (χ0v) is 27.1. The molecule has 0 aromatic heterocycles. The predicted octanol–water partition coefficient (Wildman–Crippen LogP) is 6.05. The van der Waals surface area contributed by atoms with Crippen molar-refractivity contribution in [3.05, 3.63) is 91.5 Å². The van der Waals surface area contributed by atoms with E-state index < -0.39 is 53.0 Å². The summed E-state index contributed by atoms with van der Waals surface area (Å²) in [6.45, 7) is 8.65. The van der Waals surface area contributed by atoms with Crippen LogP contribution >= 0.6 is 0 Å². The number of carboxylic acids is 1. The number of ketones is 1. The number of rotatable bonds is 5. The van der Waals surface area contributed by atoms with Crippen molar-refractivity contribution in [2.45, 2.75) is 60.1 Å². The summed E-state index contributed by atoms with van der Waals surface area (Å²) in [5.74, 6) is -6.75. The minimum absolute atomic E-state index is 0.0163. The number of nitrogens with one attached hydrogen (secondary N) is 1. The van der Waals surface area contributed by atoms with E-state index in [-0.39, 0.29) is 46.7 Å². The Kier molecular flexibility index (Phi) is 7.92. The van der Waals surface area contributed by atoms with Gasteiger partial charge >= 0.3 is 18.1 Å². The topological polar surface area (TPSA) is 150 Å². The first-order valence-corrected chi connectivity index (χ1v) is 15.5. The lowest BCUT2D eigenvalue weighted by Gasteiger charge is -2.18. The highest BCUT2D eigenvalue weighted by atomic mass is 19.4. The van der Waals surface area contributed by atoms with Crippen molar-refractivity contribution in [2.24, 2.45) is 32.7 Å². The van der Waals surface area contributed by atoms with Gasteiger partial charge in [-0.05, 0) is 74.1 Å². The molecule has 6 aliphatic rings. The first kappa shape index (κ1) is 32.9. The highest BCUT2D eigenvalue weighted by Gasteiger charge is 2.51. The van der Waals surface area contributed by atoms with Crippen LogP contribution in [-0.2, 0) is 19.1 Å². The lowest BCUT2D eigenvalue weighted by atomic mass is 9.85. The van der Waals surface area contributed by atoms with Crippen molar-refractivity contribution >= 4 is 34.9 Å². The maximum Gasteiger partial charge on any atom is 0.449 e. The minimum Gasteiger partial charge on any atom is -0.504 e. The highest BCUT2D eigenvalue weighted by Crippen LogP contribution is 2.47. The van der Waals surface area contributed by atoms with Crippen LogP contribution in [0, 0.1) is 17.8 Å². The average molecular weight is 663 g/mol. The number of carbonyl (C=O) groups excluding carboxylic acids is 2. The van der Waals surface area contributed by atoms with Gasteiger partial charge in [0.05, 0.1) is 46.9 Å². The van der Waals surface area contributed by atoms with Crippen LogP contribution in [0.3, 0.4) is 0 Å². The molecule has 5 aliphatic heterocycles. The second kappa shape index (κ2) is 11.6. The number of aliphatic hydroxyl groups is 1. The van der Waals surface area contributed by atoms with Crippen molar-refractivity contribution in [1.82, 2.24) is 5.32 Å². The van der Waals surface area contributed by atoms with Gasteiger partial charge in [-0.25, -0.2) is 15.0 Å². The zero-order valence-electron chi connectivity index (χ0n) is 27.1. The minimum atomic E-state index is -5.05. The molecule has 0 aromatic rings. The van der Waals surface area contributed by atoms with Crippen molar-refractivity contribution in [1.29, 1.82) is 0 Å². The molecule has 5 heterocycles. The fourth-order valence-electron chi connectivity index (χ4n) is 7.18. The lowest BCUT2D eigenvalue weighted by molar-refractivity contribution is -0.143. The molecular formula is C35H33F3N4O6. The van der Waals surface area contributed by atoms with Gasteiger partial charge in [-0.15, -0.1) is 0 Å². The number of aliphatic imine (C=N–C) groups is 3. The van der Waals surface area contributed by atoms with Gasteiger partial charge in [0.1, 0.15) is 5.92 Å². The Bertz CT molecular complexity index is 1980. The third-order valence-electron chi connectivity index (χ3n) is 9.79. The molecule has 250 valence electrons. The number of aliphatic carboxylic acids is 1. The number of Topliss-reactive ketones (excluding diaryl/α,β-unsaturated/α-hetero) is 1. The van der Waals surface area contributed by atoms with E-state index >= 15 is 0 Å². The summed E-state index contributed by atoms with van der Waals surface area (Å²) in [6, 6.07) is 0. The van der Waals surface area contributed by atoms with Gasteiger partial charge < -0.3 is 20.3 Å². The van der Waals surface area contributed by atoms with Crippen LogP contribution in [0.5, 0.6) is 0 Å². The summed E-state index contributed by atoms with van der Waals surface area (Å²) in [5, 5.41) is 24.0. The van der Waals surface area contributed by atoms with Crippen LogP contribution in [0.4, 0.5) is 13.2 Å². The number of nitrogens with zero attached hydrogens (tertiary/aromatic N) is 3. The molecule has 3 N–H and O–H groups in total. The standard InChI is InChI=1S/C35H33F3N4O6/c1-7-17-13(2)19-12-24-26(33(45)35(36,37)38)15(4)21(40-24)10-20-14(3)18(8-9-25(43)48-6)30(41-20)28-29(34(46)47)32(44)27-16(5)22(42-31(27)28)11-23(17)39-19/h10-12,14,18,29,41,45H,7-9H2,1-6H3,(H,46,47)/b19-12?,20-10?,22-11?,30-28?,33-26-/t14-,18-,29?/m0/s1. The maximum atomic E-state index is 14.0. The molecular weight excluding hydrogens is 629 g/mol. The molecule has 0 aromatic carbocycles. The summed E-state index contributed by atoms with van der Waals surface area (Å²) in [5.41, 5.74) is 4.31. The second-order valence-corrected chi connectivity index (χ2v) is 12.4. The lowest BCUT2D eigenvalue weighted by Crippen LogP contribution is -2.25. The van der Waals surface area contributed by atoms with Gasteiger partial charge in [-0.2, -0.15) is 13.2 Å². The van der Waals surface area contributed by atoms with Gasteiger partial charge in [-0.3, -0.25) is 14.4 Å². The van der Waals surface area contributed by atoms with Crippen molar-refractivity contribution in [3.63, 3.8) is 0 Å². The number of halogens is 3. The fourth-order valence-corrected chi connectivity index (χ4v) is 7.18. The van der Waals surface area contributed by atoms with E-state index in [1.54, 1.807) is 26.0 Å². The highest BCUT2D eigenvalue weighted by molar-refractivity contribution is 6.42. The van der Waals surface area contributed by atoms with Crippen LogP contribution in [0.2, 0.25) is 0 Å². The normalized spacial score (nSPS) is 26.0. The number of alkyl halides is 3. The van der Waals surface area contributed by atoms with Gasteiger partial charge in [0.15, 0.2) is 5.78 Å². The smallest absolute Gasteiger partial charge is 0.449 e. The fraction of sp³-hybridized carbons (Fsp3) is 0.371. The molecule has 1 saturated carbocycles. The zero-order chi connectivity index (χ0) is 35.0. The van der Waals surface area contributed by atoms with E-state index in [4.69, 9.17) is 14.7 Å². The molecule has 2 fully saturated rings. The Morgan fingerprint density at radius 2 is 1.65 bits per heavy atom. The Morgan fingerprint density at radius 1 is 0.979 bits per heavy atom. The van der Waals surface area contributed by atoms with E-state index in [1.165, 1.54) is 20.1 Å². The molecule has 1 aliphatic carbocycles. The molecule has 13 heteroatoms. The van der Waals surface area contributed by atoms with E-state index in [1.807, 2.05) is 13.8 Å². The van der Waals surface area contributed by atoms with E-state index in [0.29, 0.717) is 46.1 Å². The number of ether oxygens (including phenoxy) is 1. The number of fused-ring (bicyclic) bond motifs is 5. The molecule has 8 bridgehead atoms. The summed E-state index contributed by atoms with van der Waals surface area (Å²) in [6.07, 6.45) is 0.330. The third kappa shape index (κ3) is 5.03. The number of hydrogen-bond donors (Lipinski definition) is 3. The van der Waals surface area contributed by atoms with Gasteiger partial charge in [0.25, 0.3) is 0 Å². The largest absolute Gasteiger partial charge is 0.504 e. The van der Waals surface area contributed by atoms with Crippen molar-refractivity contribution in [3.8, 4) is 0 Å². The van der Waals surface area contributed by atoms with Gasteiger partial charge in [0.2, 0.25) is 5.76 Å². The van der Waals surface area contributed by atoms with Gasteiger partial charge in [-0.1, -0.05) is 13.8 Å². The number of carboxylic acid groups (broad SMARTS) is 1. The third-order valence-corrected chi connectivity index (χ3v) is 9.79. The number of esters is 1. The number of hydrogen-bond acceptors (Lipinski definition) is 9. The Balaban J connectivity index is 1.69. The summed E-state index contributed by atoms with van der Waals surface area (Å²) in [7, 11) is 1.26. The first-order chi connectivity index (χ1) is 22.6. The summed E-state index contributed by atoms with van der Waals surface area (Å²) >= 11 is 0. The van der Waals surface area contributed by atoms with E-state index in [0.717, 1.165) is 5.57 Å². The number of aliphatic hydroxyl groups excluding tert-OH is 1. The SMILES string of the molecule is CCC1=C(C)C2=CC3=NC(=C(C)/C3=C(/O)C(F)(F)F)C=C3NC(=C4C5=NC(=CC1=N2)C(C)=C5C(=O)C4C(=O)O)[C@@H](CCC(=O)OC)[C@@H]3C. The Hall–Kier alpha value is -5.07. The molecule has 10 nitrogen and oxygen atoms in total. The average Bonchev–Trinajstić information content (AvgIpc) is 3.76. The predicted molar refractivity (Wildman–Crippen MR) is 171 cm³/mol. The maximum absolute atomic E-state index is 14.0. The summed E-state index contributed by atoms with van der Waals surface area (Å²) in [4.78, 5) is 52.8. The molecule has 1 saturated heterocycles. The van der Waals surface area contributed by atoms with E-state index in [9.17, 15) is 37.8 Å². The first-order valence-electron chi connectivity index (χ1n) is 15.5. The van der Waals surface area contributed by atoms with Crippen LogP contribution in [0.1, 0.15) is 53.9 Å². The quantitative estimate of drug-likeness (QED) is 0.184. The number of carbonyl (C=O) groups is 3. The Labute approximate surface area is 274 Å². The second-order valence-electron chi connectivity index (χ2n) is 12.4. The van der Waals surface area contributed by atoms with Gasteiger partial charge in [0, 0.05) is 40.8 Å². The molecule has 0 amide bonds. The van der Waals surface area contributed by atoms with E-state index in [2.05, 4.69) is 10.3 Å². The van der Waals surface area contributed by atoms with Crippen LogP contribution in [0.15, 0.2) is 106 Å². The molecule has 6 rings (SSSR count). The molecule has 1 unspecified atom stereocenters. The van der Waals surface area contributed by atoms with Crippen molar-refractivity contribution in [2.75, 3.05) is 7.11 Å².